The molecular weight excluding hydrogens is 497 g/mol. The molecule has 8 heteroatoms. The number of ether oxygens (including phenoxy) is 1. The Labute approximate surface area is 198 Å². The van der Waals surface area contributed by atoms with Crippen molar-refractivity contribution in [2.45, 2.75) is 65.6 Å². The van der Waals surface area contributed by atoms with Gasteiger partial charge in [-0.05, 0) is 52.1 Å². The van der Waals surface area contributed by atoms with Crippen molar-refractivity contribution < 1.29 is 4.74 Å². The standard InChI is InChI=1S/C21H39N5OS.HI/c1-7-22-21(23-13-19(12-16(2)3)26-10-8-9-11-26)25(5)14-18-15-28-20(24-18)17(4)27-6;/h15-17,19H,7-14H2,1-6H3,(H,22,23);1H. The largest absolute Gasteiger partial charge is 0.375 e. The van der Waals surface area contributed by atoms with E-state index in [1.165, 1.54) is 32.4 Å². The molecule has 2 atom stereocenters. The van der Waals surface area contributed by atoms with Crippen LogP contribution in [-0.2, 0) is 11.3 Å². The lowest BCUT2D eigenvalue weighted by Gasteiger charge is -2.29. The zero-order valence-electron chi connectivity index (χ0n) is 19.0. The fourth-order valence-electron chi connectivity index (χ4n) is 3.65. The first kappa shape index (κ1) is 26.6. The Morgan fingerprint density at radius 2 is 2.03 bits per heavy atom. The van der Waals surface area contributed by atoms with E-state index in [2.05, 4.69) is 48.3 Å². The maximum absolute atomic E-state index is 5.38. The van der Waals surface area contributed by atoms with Crippen LogP contribution in [0.4, 0.5) is 0 Å². The van der Waals surface area contributed by atoms with Gasteiger partial charge in [0.2, 0.25) is 0 Å². The summed E-state index contributed by atoms with van der Waals surface area (Å²) in [5.41, 5.74) is 1.07. The van der Waals surface area contributed by atoms with Crippen LogP contribution in [-0.4, -0.2) is 67.1 Å². The SMILES string of the molecule is CCNC(=NCC(CC(C)C)N1CCCC1)N(C)Cc1csc(C(C)OC)n1.I. The van der Waals surface area contributed by atoms with Crippen molar-refractivity contribution >= 4 is 41.3 Å². The smallest absolute Gasteiger partial charge is 0.194 e. The number of hydrogen-bond acceptors (Lipinski definition) is 5. The van der Waals surface area contributed by atoms with Gasteiger partial charge in [0.05, 0.1) is 18.8 Å². The Morgan fingerprint density at radius 1 is 1.34 bits per heavy atom. The molecular formula is C21H40IN5OS. The molecule has 1 aromatic rings. The van der Waals surface area contributed by atoms with E-state index in [-0.39, 0.29) is 30.1 Å². The average Bonchev–Trinajstić information content (AvgIpc) is 3.35. The summed E-state index contributed by atoms with van der Waals surface area (Å²) < 4.78 is 5.38. The summed E-state index contributed by atoms with van der Waals surface area (Å²) in [7, 11) is 3.81. The molecule has 2 unspecified atom stereocenters. The molecule has 168 valence electrons. The quantitative estimate of drug-likeness (QED) is 0.273. The summed E-state index contributed by atoms with van der Waals surface area (Å²) in [5, 5.41) is 6.60. The number of halogens is 1. The van der Waals surface area contributed by atoms with Gasteiger partial charge in [0.1, 0.15) is 11.1 Å². The van der Waals surface area contributed by atoms with E-state index in [0.29, 0.717) is 12.0 Å². The van der Waals surface area contributed by atoms with Crippen LogP contribution < -0.4 is 5.32 Å². The highest BCUT2D eigenvalue weighted by Crippen LogP contribution is 2.21. The second-order valence-corrected chi connectivity index (χ2v) is 9.02. The second-order valence-electron chi connectivity index (χ2n) is 8.13. The second kappa shape index (κ2) is 13.8. The van der Waals surface area contributed by atoms with Crippen molar-refractivity contribution in [3.05, 3.63) is 16.1 Å². The number of nitrogens with zero attached hydrogens (tertiary/aromatic N) is 4. The number of aromatic nitrogens is 1. The molecule has 0 radical (unpaired) electrons. The summed E-state index contributed by atoms with van der Waals surface area (Å²) in [4.78, 5) is 14.5. The zero-order chi connectivity index (χ0) is 20.5. The van der Waals surface area contributed by atoms with Crippen LogP contribution in [0.15, 0.2) is 10.4 Å². The van der Waals surface area contributed by atoms with Crippen LogP contribution in [0.2, 0.25) is 0 Å². The van der Waals surface area contributed by atoms with Crippen molar-refractivity contribution in [1.82, 2.24) is 20.1 Å². The van der Waals surface area contributed by atoms with E-state index >= 15 is 0 Å². The average molecular weight is 538 g/mol. The van der Waals surface area contributed by atoms with E-state index in [1.54, 1.807) is 18.4 Å². The van der Waals surface area contributed by atoms with Gasteiger partial charge in [-0.25, -0.2) is 4.98 Å². The third kappa shape index (κ3) is 8.67. The molecule has 1 aliphatic heterocycles. The summed E-state index contributed by atoms with van der Waals surface area (Å²) >= 11 is 1.66. The molecule has 1 aliphatic rings. The molecule has 1 aromatic heterocycles. The minimum absolute atomic E-state index is 0. The topological polar surface area (TPSA) is 53.0 Å². The summed E-state index contributed by atoms with van der Waals surface area (Å²) in [5.74, 6) is 1.65. The summed E-state index contributed by atoms with van der Waals surface area (Å²) in [6, 6.07) is 0.540. The fourth-order valence-corrected chi connectivity index (χ4v) is 4.49. The Hall–Kier alpha value is -0.450. The third-order valence-electron chi connectivity index (χ3n) is 5.22. The number of nitrogens with one attached hydrogen (secondary N) is 1. The van der Waals surface area contributed by atoms with Crippen molar-refractivity contribution in [2.75, 3.05) is 40.3 Å². The first-order valence-corrected chi connectivity index (χ1v) is 11.5. The molecule has 1 fully saturated rings. The maximum atomic E-state index is 5.38. The minimum Gasteiger partial charge on any atom is -0.375 e. The fraction of sp³-hybridized carbons (Fsp3) is 0.810. The van der Waals surface area contributed by atoms with Crippen LogP contribution >= 0.6 is 35.3 Å². The minimum atomic E-state index is 0. The number of methoxy groups -OCH3 is 1. The van der Waals surface area contributed by atoms with Gasteiger partial charge in [-0.15, -0.1) is 35.3 Å². The Bertz CT molecular complexity index is 604. The molecule has 6 nitrogen and oxygen atoms in total. The summed E-state index contributed by atoms with van der Waals surface area (Å²) in [6.07, 6.45) is 3.90. The predicted octanol–water partition coefficient (Wildman–Crippen LogP) is 4.38. The molecule has 1 saturated heterocycles. The number of thiazole rings is 1. The highest BCUT2D eigenvalue weighted by molar-refractivity contribution is 14.0. The van der Waals surface area contributed by atoms with Gasteiger partial charge < -0.3 is 15.0 Å². The van der Waals surface area contributed by atoms with E-state index in [1.807, 2.05) is 6.92 Å². The van der Waals surface area contributed by atoms with Crippen LogP contribution in [0.5, 0.6) is 0 Å². The molecule has 0 saturated carbocycles. The first-order chi connectivity index (χ1) is 13.4. The Balaban J connectivity index is 0.00000420. The highest BCUT2D eigenvalue weighted by atomic mass is 127. The normalized spacial score (nSPS) is 17.3. The molecule has 2 rings (SSSR count). The molecule has 0 spiro atoms. The lowest BCUT2D eigenvalue weighted by atomic mass is 10.0. The third-order valence-corrected chi connectivity index (χ3v) is 6.27. The predicted molar refractivity (Wildman–Crippen MR) is 134 cm³/mol. The highest BCUT2D eigenvalue weighted by Gasteiger charge is 2.23. The van der Waals surface area contributed by atoms with Crippen molar-refractivity contribution in [3.63, 3.8) is 0 Å². The Morgan fingerprint density at radius 3 is 2.62 bits per heavy atom. The van der Waals surface area contributed by atoms with Gasteiger partial charge in [0.15, 0.2) is 5.96 Å². The van der Waals surface area contributed by atoms with Crippen LogP contribution in [0, 0.1) is 5.92 Å². The number of rotatable bonds is 10. The van der Waals surface area contributed by atoms with E-state index in [0.717, 1.165) is 36.3 Å². The number of likely N-dealkylation sites (tertiary alicyclic amines) is 1. The molecule has 0 aliphatic carbocycles. The molecule has 0 aromatic carbocycles. The van der Waals surface area contributed by atoms with E-state index in [4.69, 9.17) is 14.7 Å². The first-order valence-electron chi connectivity index (χ1n) is 10.6. The van der Waals surface area contributed by atoms with Crippen molar-refractivity contribution in [2.24, 2.45) is 10.9 Å². The lowest BCUT2D eigenvalue weighted by Crippen LogP contribution is -2.41. The van der Waals surface area contributed by atoms with Crippen LogP contribution in [0.25, 0.3) is 0 Å². The van der Waals surface area contributed by atoms with Gasteiger partial charge in [0.25, 0.3) is 0 Å². The van der Waals surface area contributed by atoms with E-state index < -0.39 is 0 Å². The van der Waals surface area contributed by atoms with Gasteiger partial charge in [-0.2, -0.15) is 0 Å². The van der Waals surface area contributed by atoms with Gasteiger partial charge in [0, 0.05) is 32.1 Å². The van der Waals surface area contributed by atoms with Crippen LogP contribution in [0.3, 0.4) is 0 Å². The van der Waals surface area contributed by atoms with Crippen LogP contribution in [0.1, 0.15) is 63.8 Å². The Kier molecular flexibility index (Phi) is 12.6. The molecule has 2 heterocycles. The van der Waals surface area contributed by atoms with Gasteiger partial charge in [-0.3, -0.25) is 9.89 Å². The van der Waals surface area contributed by atoms with E-state index in [9.17, 15) is 0 Å². The van der Waals surface area contributed by atoms with Crippen molar-refractivity contribution in [1.29, 1.82) is 0 Å². The zero-order valence-corrected chi connectivity index (χ0v) is 22.1. The van der Waals surface area contributed by atoms with Gasteiger partial charge >= 0.3 is 0 Å². The molecule has 1 N–H and O–H groups in total. The molecule has 29 heavy (non-hydrogen) atoms. The van der Waals surface area contributed by atoms with Crippen molar-refractivity contribution in [3.8, 4) is 0 Å². The number of aliphatic imine (C=N–C) groups is 1. The monoisotopic (exact) mass is 537 g/mol. The molecule has 0 amide bonds. The summed E-state index contributed by atoms with van der Waals surface area (Å²) in [6.45, 7) is 13.7. The number of guanidine groups is 1. The van der Waals surface area contributed by atoms with Gasteiger partial charge in [-0.1, -0.05) is 13.8 Å². The molecule has 0 bridgehead atoms. The number of hydrogen-bond donors (Lipinski definition) is 1. The maximum Gasteiger partial charge on any atom is 0.194 e. The lowest BCUT2D eigenvalue weighted by molar-refractivity contribution is 0.119.